The van der Waals surface area contributed by atoms with Crippen LogP contribution < -0.4 is 10.2 Å². The first-order valence-corrected chi connectivity index (χ1v) is 9.50. The first kappa shape index (κ1) is 22.0. The number of pyridine rings is 1. The van der Waals surface area contributed by atoms with Gasteiger partial charge >= 0.3 is 5.97 Å². The number of aromatic carboxylic acids is 1. The average Bonchev–Trinajstić information content (AvgIpc) is 2.94. The summed E-state index contributed by atoms with van der Waals surface area (Å²) >= 11 is 6.37. The minimum absolute atomic E-state index is 0.265. The van der Waals surface area contributed by atoms with Crippen LogP contribution >= 0.6 is 11.6 Å². The fraction of sp³-hybridized carbons (Fsp3) is 0.526. The summed E-state index contributed by atoms with van der Waals surface area (Å²) in [6, 6.07) is 1.27. The van der Waals surface area contributed by atoms with Crippen molar-refractivity contribution in [2.75, 3.05) is 20.3 Å². The van der Waals surface area contributed by atoms with E-state index in [9.17, 15) is 9.59 Å². The largest absolute Gasteiger partial charge is 0.477 e. The number of carboxylic acids is 1. The van der Waals surface area contributed by atoms with Gasteiger partial charge in [-0.15, -0.1) is 5.10 Å². The van der Waals surface area contributed by atoms with E-state index in [0.29, 0.717) is 55.0 Å². The number of halogens is 1. The van der Waals surface area contributed by atoms with Gasteiger partial charge in [-0.2, -0.15) is 0 Å². The van der Waals surface area contributed by atoms with Gasteiger partial charge in [-0.25, -0.2) is 4.79 Å². The average molecular weight is 412 g/mol. The molecule has 1 aliphatic rings. The van der Waals surface area contributed by atoms with Crippen LogP contribution in [0.3, 0.4) is 0 Å². The molecule has 0 aromatic carbocycles. The molecule has 0 saturated carbocycles. The summed E-state index contributed by atoms with van der Waals surface area (Å²) in [7, 11) is 1.61. The molecule has 0 saturated heterocycles. The van der Waals surface area contributed by atoms with E-state index in [1.54, 1.807) is 16.4 Å². The first-order valence-electron chi connectivity index (χ1n) is 9.12. The summed E-state index contributed by atoms with van der Waals surface area (Å²) in [5.41, 5.74) is 0.250. The minimum atomic E-state index is -1.25. The molecule has 154 valence electrons. The van der Waals surface area contributed by atoms with Crippen molar-refractivity contribution in [2.24, 2.45) is 5.92 Å². The molecular weight excluding hydrogens is 386 g/mol. The molecule has 8 nitrogen and oxygen atoms in total. The van der Waals surface area contributed by atoms with E-state index >= 15 is 0 Å². The molecule has 9 heteroatoms. The van der Waals surface area contributed by atoms with Crippen molar-refractivity contribution in [3.63, 3.8) is 0 Å². The van der Waals surface area contributed by atoms with Crippen LogP contribution in [0.15, 0.2) is 17.1 Å². The molecular formula is C19H26ClN3O5. The quantitative estimate of drug-likeness (QED) is 0.733. The molecule has 0 unspecified atom stereocenters. The predicted molar refractivity (Wildman–Crippen MR) is 106 cm³/mol. The van der Waals surface area contributed by atoms with Crippen molar-refractivity contribution in [3.05, 3.63) is 33.1 Å². The van der Waals surface area contributed by atoms with Crippen molar-refractivity contribution < 1.29 is 19.4 Å². The highest BCUT2D eigenvalue weighted by Gasteiger charge is 2.26. The Hall–Kier alpha value is -2.32. The number of hydrogen-bond donors (Lipinski definition) is 1. The maximum absolute atomic E-state index is 12.0. The molecule has 0 bridgehead atoms. The number of aromatic nitrogens is 3. The number of carboxylic acid groups (broad SMARTS) is 1. The molecule has 0 aliphatic carbocycles. The van der Waals surface area contributed by atoms with E-state index in [0.717, 1.165) is 5.92 Å². The number of aryl methyl sites for hydroxylation is 2. The van der Waals surface area contributed by atoms with Crippen LogP contribution in [0.5, 0.6) is 5.88 Å². The molecule has 0 radical (unpaired) electrons. The molecule has 0 atom stereocenters. The first-order chi connectivity index (χ1) is 13.3. The van der Waals surface area contributed by atoms with E-state index in [4.69, 9.17) is 26.2 Å². The van der Waals surface area contributed by atoms with Gasteiger partial charge < -0.3 is 19.1 Å². The zero-order chi connectivity index (χ0) is 20.8. The lowest BCUT2D eigenvalue weighted by molar-refractivity contribution is 0.0694. The lowest BCUT2D eigenvalue weighted by atomic mass is 10.1. The standard InChI is InChI=1S/C15H16ClN3O5.C4H10/c1-23-5-2-6-24-14-12(16)13-10-7-11(20)9(15(21)22)8-18(10)3-4-19(13)17-14;1-4(2)3/h7-8H,2-6H2,1H3,(H,21,22);4H,1-3H3. The third-order valence-electron chi connectivity index (χ3n) is 3.75. The topological polar surface area (TPSA) is 95.6 Å². The molecule has 2 aromatic heterocycles. The minimum Gasteiger partial charge on any atom is -0.477 e. The van der Waals surface area contributed by atoms with Gasteiger partial charge in [0.25, 0.3) is 5.88 Å². The molecule has 2 aromatic rings. The van der Waals surface area contributed by atoms with Crippen LogP contribution in [0.25, 0.3) is 11.4 Å². The number of nitrogens with zero attached hydrogens (tertiary/aromatic N) is 3. The van der Waals surface area contributed by atoms with Gasteiger partial charge in [0, 0.05) is 38.9 Å². The maximum Gasteiger partial charge on any atom is 0.341 e. The molecule has 1 aliphatic heterocycles. The van der Waals surface area contributed by atoms with Crippen molar-refractivity contribution >= 4 is 17.6 Å². The SMILES string of the molecule is CC(C)C.COCCCOc1nn2c(c1Cl)-c1cc(=O)c(C(=O)O)cn1CC2. The summed E-state index contributed by atoms with van der Waals surface area (Å²) in [5, 5.41) is 13.7. The van der Waals surface area contributed by atoms with Gasteiger partial charge in [-0.05, 0) is 5.92 Å². The second-order valence-electron chi connectivity index (χ2n) is 7.05. The molecule has 0 fully saturated rings. The fourth-order valence-electron chi connectivity index (χ4n) is 2.62. The summed E-state index contributed by atoms with van der Waals surface area (Å²) in [6.45, 7) is 8.48. The van der Waals surface area contributed by atoms with Gasteiger partial charge in [-0.3, -0.25) is 9.48 Å². The Balaban J connectivity index is 0.000000640. The zero-order valence-corrected chi connectivity index (χ0v) is 17.3. The number of methoxy groups -OCH3 is 1. The van der Waals surface area contributed by atoms with Crippen LogP contribution in [-0.4, -0.2) is 45.7 Å². The Morgan fingerprint density at radius 2 is 2.00 bits per heavy atom. The van der Waals surface area contributed by atoms with Crippen LogP contribution in [0, 0.1) is 5.92 Å². The zero-order valence-electron chi connectivity index (χ0n) is 16.6. The highest BCUT2D eigenvalue weighted by atomic mass is 35.5. The van der Waals surface area contributed by atoms with Gasteiger partial charge in [0.15, 0.2) is 5.43 Å². The Kier molecular flexibility index (Phi) is 7.65. The highest BCUT2D eigenvalue weighted by Crippen LogP contribution is 2.37. The van der Waals surface area contributed by atoms with Crippen molar-refractivity contribution in [1.29, 1.82) is 0 Å². The van der Waals surface area contributed by atoms with Gasteiger partial charge in [0.1, 0.15) is 16.3 Å². The Bertz CT molecular complexity index is 886. The van der Waals surface area contributed by atoms with Crippen molar-refractivity contribution in [2.45, 2.75) is 40.3 Å². The number of rotatable bonds is 6. The number of hydrogen-bond acceptors (Lipinski definition) is 5. The normalized spacial score (nSPS) is 12.1. The Morgan fingerprint density at radius 1 is 1.32 bits per heavy atom. The summed E-state index contributed by atoms with van der Waals surface area (Å²) < 4.78 is 13.9. The van der Waals surface area contributed by atoms with Crippen LogP contribution in [0.2, 0.25) is 5.02 Å². The van der Waals surface area contributed by atoms with E-state index < -0.39 is 11.4 Å². The van der Waals surface area contributed by atoms with Gasteiger partial charge in [-0.1, -0.05) is 32.4 Å². The van der Waals surface area contributed by atoms with Crippen molar-refractivity contribution in [1.82, 2.24) is 14.3 Å². The van der Waals surface area contributed by atoms with Gasteiger partial charge in [0.2, 0.25) is 0 Å². The summed E-state index contributed by atoms with van der Waals surface area (Å²) in [6.07, 6.45) is 2.04. The van der Waals surface area contributed by atoms with Crippen molar-refractivity contribution in [3.8, 4) is 17.3 Å². The third-order valence-corrected chi connectivity index (χ3v) is 4.09. The molecule has 0 amide bonds. The lowest BCUT2D eigenvalue weighted by Gasteiger charge is -2.20. The number of carbonyl (C=O) groups is 1. The predicted octanol–water partition coefficient (Wildman–Crippen LogP) is 3.15. The Morgan fingerprint density at radius 3 is 2.61 bits per heavy atom. The smallest absolute Gasteiger partial charge is 0.341 e. The monoisotopic (exact) mass is 411 g/mol. The molecule has 3 heterocycles. The van der Waals surface area contributed by atoms with Crippen LogP contribution in [0.1, 0.15) is 37.6 Å². The molecule has 0 spiro atoms. The number of ether oxygens (including phenoxy) is 2. The molecule has 3 rings (SSSR count). The lowest BCUT2D eigenvalue weighted by Crippen LogP contribution is -2.24. The van der Waals surface area contributed by atoms with E-state index in [1.807, 2.05) is 0 Å². The van der Waals surface area contributed by atoms with Gasteiger partial charge in [0.05, 0.1) is 18.8 Å². The summed E-state index contributed by atoms with van der Waals surface area (Å²) in [4.78, 5) is 23.1. The second kappa shape index (κ2) is 9.75. The highest BCUT2D eigenvalue weighted by molar-refractivity contribution is 6.34. The molecule has 1 N–H and O–H groups in total. The third kappa shape index (κ3) is 5.14. The maximum atomic E-state index is 12.0. The Labute approximate surface area is 168 Å². The second-order valence-corrected chi connectivity index (χ2v) is 7.43. The van der Waals surface area contributed by atoms with Crippen LogP contribution in [-0.2, 0) is 17.8 Å². The van der Waals surface area contributed by atoms with E-state index in [1.165, 1.54) is 12.3 Å². The number of fused-ring (bicyclic) bond motifs is 3. The molecule has 28 heavy (non-hydrogen) atoms. The van der Waals surface area contributed by atoms with Crippen LogP contribution in [0.4, 0.5) is 0 Å². The summed E-state index contributed by atoms with van der Waals surface area (Å²) in [5.74, 6) is -0.117. The fourth-order valence-corrected chi connectivity index (χ4v) is 2.90. The van der Waals surface area contributed by atoms with E-state index in [-0.39, 0.29) is 5.56 Å². The van der Waals surface area contributed by atoms with E-state index in [2.05, 4.69) is 25.9 Å².